The van der Waals surface area contributed by atoms with Gasteiger partial charge in [-0.2, -0.15) is 0 Å². The summed E-state index contributed by atoms with van der Waals surface area (Å²) >= 11 is 1.46. The van der Waals surface area contributed by atoms with Gasteiger partial charge in [0.05, 0.1) is 26.4 Å². The van der Waals surface area contributed by atoms with E-state index in [2.05, 4.69) is 4.98 Å². The van der Waals surface area contributed by atoms with E-state index in [0.717, 1.165) is 28.6 Å². The fourth-order valence-electron chi connectivity index (χ4n) is 3.85. The van der Waals surface area contributed by atoms with E-state index < -0.39 is 16.0 Å². The molecule has 5 rings (SSSR count). The van der Waals surface area contributed by atoms with Gasteiger partial charge in [0.15, 0.2) is 0 Å². The van der Waals surface area contributed by atoms with Gasteiger partial charge in [-0.3, -0.25) is 4.31 Å². The molecular formula is C24H20N2O4S2. The minimum Gasteiger partial charge on any atom is -0.455 e. The van der Waals surface area contributed by atoms with Crippen molar-refractivity contribution >= 4 is 43.2 Å². The molecule has 3 aromatic carbocycles. The first-order valence-corrected chi connectivity index (χ1v) is 12.5. The van der Waals surface area contributed by atoms with Gasteiger partial charge < -0.3 is 4.74 Å². The molecule has 0 radical (unpaired) electrons. The first-order chi connectivity index (χ1) is 15.5. The number of anilines is 1. The third-order valence-corrected chi connectivity index (χ3v) is 8.21. The highest BCUT2D eigenvalue weighted by atomic mass is 32.2. The van der Waals surface area contributed by atoms with Gasteiger partial charge >= 0.3 is 5.97 Å². The second-order valence-electron chi connectivity index (χ2n) is 7.49. The summed E-state index contributed by atoms with van der Waals surface area (Å²) in [5.74, 6) is -0.583. The molecule has 2 heterocycles. The number of para-hydroxylation sites is 2. The van der Waals surface area contributed by atoms with Crippen molar-refractivity contribution in [3.63, 3.8) is 0 Å². The molecule has 1 aliphatic rings. The first kappa shape index (κ1) is 20.7. The van der Waals surface area contributed by atoms with Crippen molar-refractivity contribution in [2.75, 3.05) is 10.8 Å². The zero-order valence-corrected chi connectivity index (χ0v) is 18.7. The number of nitrogens with zero attached hydrogens (tertiary/aromatic N) is 2. The first-order valence-electron chi connectivity index (χ1n) is 10.2. The Morgan fingerprint density at radius 2 is 1.84 bits per heavy atom. The lowest BCUT2D eigenvalue weighted by atomic mass is 10.0. The van der Waals surface area contributed by atoms with Crippen LogP contribution in [0.2, 0.25) is 0 Å². The van der Waals surface area contributed by atoms with Crippen LogP contribution in [0, 0.1) is 0 Å². The van der Waals surface area contributed by atoms with Crippen LogP contribution in [0.25, 0.3) is 10.2 Å². The molecule has 0 spiro atoms. The zero-order chi connectivity index (χ0) is 22.1. The monoisotopic (exact) mass is 464 g/mol. The number of hydrogen-bond donors (Lipinski definition) is 0. The molecule has 162 valence electrons. The van der Waals surface area contributed by atoms with Crippen LogP contribution in [0.5, 0.6) is 0 Å². The number of hydrogen-bond acceptors (Lipinski definition) is 6. The van der Waals surface area contributed by atoms with Crippen molar-refractivity contribution in [2.24, 2.45) is 0 Å². The van der Waals surface area contributed by atoms with E-state index >= 15 is 0 Å². The number of aromatic nitrogens is 1. The Kier molecular flexibility index (Phi) is 5.40. The quantitative estimate of drug-likeness (QED) is 0.397. The van der Waals surface area contributed by atoms with E-state index in [1.165, 1.54) is 27.8 Å². The molecule has 0 unspecified atom stereocenters. The molecule has 0 bridgehead atoms. The molecule has 0 amide bonds. The smallest absolute Gasteiger partial charge is 0.338 e. The molecule has 8 heteroatoms. The van der Waals surface area contributed by atoms with Crippen molar-refractivity contribution < 1.29 is 17.9 Å². The molecule has 0 saturated heterocycles. The number of fused-ring (bicyclic) bond motifs is 2. The summed E-state index contributed by atoms with van der Waals surface area (Å²) in [5, 5.41) is 0.688. The maximum atomic E-state index is 13.4. The Morgan fingerprint density at radius 3 is 2.72 bits per heavy atom. The van der Waals surface area contributed by atoms with Crippen LogP contribution in [0.1, 0.15) is 27.3 Å². The highest BCUT2D eigenvalue weighted by Gasteiger charge is 2.29. The lowest BCUT2D eigenvalue weighted by Gasteiger charge is -2.30. The number of thiazole rings is 1. The summed E-state index contributed by atoms with van der Waals surface area (Å²) in [6.07, 6.45) is 1.60. The van der Waals surface area contributed by atoms with Crippen LogP contribution in [0.4, 0.5) is 5.69 Å². The van der Waals surface area contributed by atoms with Gasteiger partial charge in [0, 0.05) is 6.54 Å². The summed E-state index contributed by atoms with van der Waals surface area (Å²) in [5.41, 5.74) is 2.76. The molecule has 0 fully saturated rings. The van der Waals surface area contributed by atoms with E-state index in [1.54, 1.807) is 12.1 Å². The number of ether oxygens (including phenoxy) is 1. The minimum absolute atomic E-state index is 0.0364. The second-order valence-corrected chi connectivity index (χ2v) is 10.5. The molecule has 0 N–H and O–H groups in total. The average Bonchev–Trinajstić information content (AvgIpc) is 3.25. The average molecular weight is 465 g/mol. The maximum absolute atomic E-state index is 13.4. The SMILES string of the molecule is O=C(OCc1nc2ccccc2s1)c1cccc(S(=O)(=O)N2CCCc3ccccc32)c1. The number of benzene rings is 3. The van der Waals surface area contributed by atoms with Gasteiger partial charge in [0.1, 0.15) is 11.6 Å². The van der Waals surface area contributed by atoms with Gasteiger partial charge in [-0.15, -0.1) is 11.3 Å². The number of esters is 1. The lowest BCUT2D eigenvalue weighted by molar-refractivity contribution is 0.0472. The molecule has 0 aliphatic carbocycles. The summed E-state index contributed by atoms with van der Waals surface area (Å²) in [4.78, 5) is 17.2. The standard InChI is InChI=1S/C24H20N2O4S2/c27-24(30-16-23-25-20-11-2-4-13-22(20)31-23)18-8-5-10-19(15-18)32(28,29)26-14-6-9-17-7-1-3-12-21(17)26/h1-5,7-8,10-13,15H,6,9,14,16H2. The Balaban J connectivity index is 1.36. The van der Waals surface area contributed by atoms with Gasteiger partial charge in [0.2, 0.25) is 0 Å². The summed E-state index contributed by atoms with van der Waals surface area (Å²) in [6, 6.07) is 21.3. The fraction of sp³-hybridized carbons (Fsp3) is 0.167. The van der Waals surface area contributed by atoms with Gasteiger partial charge in [-0.1, -0.05) is 36.4 Å². The topological polar surface area (TPSA) is 76.6 Å². The minimum atomic E-state index is -3.80. The molecule has 1 aliphatic heterocycles. The van der Waals surface area contributed by atoms with E-state index in [1.807, 2.05) is 48.5 Å². The molecule has 1 aromatic heterocycles. The molecule has 4 aromatic rings. The van der Waals surface area contributed by atoms with E-state index in [-0.39, 0.29) is 17.1 Å². The number of aryl methyl sites for hydroxylation is 1. The van der Waals surface area contributed by atoms with Crippen molar-refractivity contribution in [3.8, 4) is 0 Å². The summed E-state index contributed by atoms with van der Waals surface area (Å²) in [7, 11) is -3.80. The lowest BCUT2D eigenvalue weighted by Crippen LogP contribution is -2.35. The Hall–Kier alpha value is -3.23. The number of carbonyl (C=O) groups excluding carboxylic acids is 1. The molecule has 0 atom stereocenters. The van der Waals surface area contributed by atoms with Crippen molar-refractivity contribution in [3.05, 3.63) is 88.9 Å². The number of carbonyl (C=O) groups is 1. The van der Waals surface area contributed by atoms with E-state index in [9.17, 15) is 13.2 Å². The second kappa shape index (κ2) is 8.37. The highest BCUT2D eigenvalue weighted by Crippen LogP contribution is 2.32. The molecule has 6 nitrogen and oxygen atoms in total. The van der Waals surface area contributed by atoms with Gasteiger partial charge in [-0.25, -0.2) is 18.2 Å². The van der Waals surface area contributed by atoms with Crippen LogP contribution >= 0.6 is 11.3 Å². The van der Waals surface area contributed by atoms with Crippen molar-refractivity contribution in [2.45, 2.75) is 24.3 Å². The summed E-state index contributed by atoms with van der Waals surface area (Å²) in [6.45, 7) is 0.445. The largest absolute Gasteiger partial charge is 0.455 e. The van der Waals surface area contributed by atoms with Crippen LogP contribution in [0.15, 0.2) is 77.7 Å². The maximum Gasteiger partial charge on any atom is 0.338 e. The third kappa shape index (κ3) is 3.87. The van der Waals surface area contributed by atoms with Crippen LogP contribution in [0.3, 0.4) is 0 Å². The van der Waals surface area contributed by atoms with Gasteiger partial charge in [0.25, 0.3) is 10.0 Å². The third-order valence-electron chi connectivity index (χ3n) is 5.39. The van der Waals surface area contributed by atoms with Crippen LogP contribution in [-0.2, 0) is 27.8 Å². The Labute approximate surface area is 190 Å². The summed E-state index contributed by atoms with van der Waals surface area (Å²) < 4.78 is 34.6. The molecule has 0 saturated carbocycles. The molecule has 32 heavy (non-hydrogen) atoms. The predicted molar refractivity (Wildman–Crippen MR) is 124 cm³/mol. The highest BCUT2D eigenvalue weighted by molar-refractivity contribution is 7.92. The number of rotatable bonds is 5. The van der Waals surface area contributed by atoms with Crippen molar-refractivity contribution in [1.29, 1.82) is 0 Å². The van der Waals surface area contributed by atoms with Crippen LogP contribution in [-0.4, -0.2) is 25.9 Å². The van der Waals surface area contributed by atoms with Crippen molar-refractivity contribution in [1.82, 2.24) is 4.98 Å². The van der Waals surface area contributed by atoms with E-state index in [4.69, 9.17) is 4.74 Å². The normalized spacial score (nSPS) is 13.7. The Morgan fingerprint density at radius 1 is 1.03 bits per heavy atom. The van der Waals surface area contributed by atoms with Crippen LogP contribution < -0.4 is 4.31 Å². The van der Waals surface area contributed by atoms with E-state index in [0.29, 0.717) is 17.2 Å². The fourth-order valence-corrected chi connectivity index (χ4v) is 6.32. The number of sulfonamides is 1. The predicted octanol–water partition coefficient (Wildman–Crippen LogP) is 4.79. The Bertz CT molecular complexity index is 1380. The molecular weight excluding hydrogens is 444 g/mol. The zero-order valence-electron chi connectivity index (χ0n) is 17.1. The van der Waals surface area contributed by atoms with Gasteiger partial charge in [-0.05, 0) is 54.8 Å².